The summed E-state index contributed by atoms with van der Waals surface area (Å²) in [5, 5.41) is 15.1. The number of hydrogen-bond acceptors (Lipinski definition) is 4. The van der Waals surface area contributed by atoms with Crippen LogP contribution < -0.4 is 15.0 Å². The van der Waals surface area contributed by atoms with Crippen LogP contribution in [0.5, 0.6) is 5.75 Å². The largest absolute Gasteiger partial charge is 0.631 e. The van der Waals surface area contributed by atoms with Crippen LogP contribution in [0.3, 0.4) is 0 Å². The van der Waals surface area contributed by atoms with E-state index in [9.17, 15) is 10.0 Å². The lowest BCUT2D eigenvalue weighted by Crippen LogP contribution is -2.54. The summed E-state index contributed by atoms with van der Waals surface area (Å²) in [7, 11) is 5.23. The standard InChI is InChI=1S/C15H21N3O3.ClH/c1-15-7-8-18(4,20)13(15)17(3)12-6-5-10(9-11(12)15)21-14(19)16-2;/h5-6,9,13H,7-8H2,1-4H3,(H,16,19);1H/t13-,15-,18+;/m0./s1. The van der Waals surface area contributed by atoms with Gasteiger partial charge in [-0.05, 0) is 30.7 Å². The fourth-order valence-corrected chi connectivity index (χ4v) is 4.01. The molecule has 0 bridgehead atoms. The monoisotopic (exact) mass is 327 g/mol. The first kappa shape index (κ1) is 16.9. The number of fused-ring (bicyclic) bond motifs is 3. The summed E-state index contributed by atoms with van der Waals surface area (Å²) in [5.41, 5.74) is 1.93. The SMILES string of the molecule is CNC(=O)Oc1ccc2c(c1)[C@]1(C)CC[N@@+](C)([O-])[C@@H]1N2C.Cl. The lowest BCUT2D eigenvalue weighted by Gasteiger charge is -2.44. The van der Waals surface area contributed by atoms with Gasteiger partial charge in [0.05, 0.1) is 19.0 Å². The lowest BCUT2D eigenvalue weighted by atomic mass is 9.81. The fraction of sp³-hybridized carbons (Fsp3) is 0.533. The summed E-state index contributed by atoms with van der Waals surface area (Å²) >= 11 is 0. The molecule has 1 saturated heterocycles. The number of nitrogens with one attached hydrogen (secondary N) is 1. The van der Waals surface area contributed by atoms with Crippen molar-refractivity contribution in [1.82, 2.24) is 5.32 Å². The van der Waals surface area contributed by atoms with Crippen LogP contribution in [0.15, 0.2) is 18.2 Å². The van der Waals surface area contributed by atoms with Crippen LogP contribution >= 0.6 is 12.4 Å². The van der Waals surface area contributed by atoms with E-state index in [4.69, 9.17) is 4.74 Å². The Morgan fingerprint density at radius 2 is 2.23 bits per heavy atom. The topological polar surface area (TPSA) is 64.6 Å². The van der Waals surface area contributed by atoms with Gasteiger partial charge >= 0.3 is 6.09 Å². The summed E-state index contributed by atoms with van der Waals surface area (Å²) in [6.45, 7) is 2.73. The number of halogens is 1. The Morgan fingerprint density at radius 3 is 2.86 bits per heavy atom. The first-order valence-electron chi connectivity index (χ1n) is 7.13. The van der Waals surface area contributed by atoms with E-state index in [1.54, 1.807) is 13.1 Å². The van der Waals surface area contributed by atoms with Gasteiger partial charge < -0.3 is 24.8 Å². The van der Waals surface area contributed by atoms with Gasteiger partial charge in [-0.1, -0.05) is 0 Å². The second kappa shape index (κ2) is 5.30. The smallest absolute Gasteiger partial charge is 0.412 e. The van der Waals surface area contributed by atoms with Crippen LogP contribution in [0, 0.1) is 5.21 Å². The highest BCUT2D eigenvalue weighted by molar-refractivity contribution is 5.85. The van der Waals surface area contributed by atoms with Gasteiger partial charge in [-0.25, -0.2) is 4.79 Å². The molecule has 6 nitrogen and oxygen atoms in total. The van der Waals surface area contributed by atoms with E-state index in [1.165, 1.54) is 7.05 Å². The summed E-state index contributed by atoms with van der Waals surface area (Å²) in [6.07, 6.45) is 0.222. The van der Waals surface area contributed by atoms with Crippen molar-refractivity contribution >= 4 is 24.2 Å². The van der Waals surface area contributed by atoms with Crippen LogP contribution in [0.1, 0.15) is 18.9 Å². The highest BCUT2D eigenvalue weighted by Crippen LogP contribution is 2.53. The van der Waals surface area contributed by atoms with E-state index >= 15 is 0 Å². The Kier molecular flexibility index (Phi) is 4.06. The molecule has 2 aliphatic rings. The van der Waals surface area contributed by atoms with E-state index < -0.39 is 6.09 Å². The minimum atomic E-state index is -0.487. The molecular formula is C15H22ClN3O3. The van der Waals surface area contributed by atoms with Crippen molar-refractivity contribution in [3.63, 3.8) is 0 Å². The fourth-order valence-electron chi connectivity index (χ4n) is 4.01. The quantitative estimate of drug-likeness (QED) is 0.634. The predicted molar refractivity (Wildman–Crippen MR) is 87.4 cm³/mol. The first-order chi connectivity index (χ1) is 9.79. The lowest BCUT2D eigenvalue weighted by molar-refractivity contribution is -0.874. The van der Waals surface area contributed by atoms with Crippen LogP contribution in [0.25, 0.3) is 0 Å². The molecule has 0 unspecified atom stereocenters. The Morgan fingerprint density at radius 1 is 1.55 bits per heavy atom. The van der Waals surface area contributed by atoms with Crippen LogP contribution in [0.4, 0.5) is 10.5 Å². The van der Waals surface area contributed by atoms with E-state index in [0.29, 0.717) is 12.3 Å². The van der Waals surface area contributed by atoms with Crippen molar-refractivity contribution in [2.45, 2.75) is 24.9 Å². The molecule has 1 aromatic carbocycles. The molecule has 1 fully saturated rings. The summed E-state index contributed by atoms with van der Waals surface area (Å²) < 4.78 is 4.96. The minimum absolute atomic E-state index is 0. The molecule has 0 spiro atoms. The van der Waals surface area contributed by atoms with Crippen molar-refractivity contribution in [2.75, 3.05) is 32.6 Å². The van der Waals surface area contributed by atoms with Crippen molar-refractivity contribution in [1.29, 1.82) is 0 Å². The van der Waals surface area contributed by atoms with E-state index in [-0.39, 0.29) is 28.6 Å². The zero-order valence-electron chi connectivity index (χ0n) is 13.3. The number of hydrogen-bond donors (Lipinski definition) is 1. The number of carbonyl (C=O) groups is 1. The van der Waals surface area contributed by atoms with Crippen molar-refractivity contribution in [3.05, 3.63) is 29.0 Å². The highest BCUT2D eigenvalue weighted by Gasteiger charge is 2.58. The zero-order valence-corrected chi connectivity index (χ0v) is 14.1. The Balaban J connectivity index is 0.00000176. The first-order valence-corrected chi connectivity index (χ1v) is 7.13. The van der Waals surface area contributed by atoms with Crippen LogP contribution in [-0.4, -0.2) is 44.6 Å². The van der Waals surface area contributed by atoms with Gasteiger partial charge in [0.1, 0.15) is 5.75 Å². The number of nitrogens with zero attached hydrogens (tertiary/aromatic N) is 2. The third-order valence-electron chi connectivity index (χ3n) is 4.91. The second-order valence-electron chi connectivity index (χ2n) is 6.37. The number of carbonyl (C=O) groups excluding carboxylic acids is 1. The van der Waals surface area contributed by atoms with Crippen molar-refractivity contribution in [3.8, 4) is 5.75 Å². The number of ether oxygens (including phenoxy) is 1. The van der Waals surface area contributed by atoms with Gasteiger partial charge in [-0.2, -0.15) is 0 Å². The predicted octanol–water partition coefficient (Wildman–Crippen LogP) is 2.21. The normalized spacial score (nSPS) is 32.0. The molecule has 3 rings (SSSR count). The number of anilines is 1. The van der Waals surface area contributed by atoms with Gasteiger partial charge in [0.2, 0.25) is 0 Å². The molecule has 2 heterocycles. The molecule has 0 aliphatic carbocycles. The summed E-state index contributed by atoms with van der Waals surface area (Å²) in [5.74, 6) is 0.510. The molecule has 22 heavy (non-hydrogen) atoms. The summed E-state index contributed by atoms with van der Waals surface area (Å²) in [6, 6.07) is 5.59. The number of likely N-dealkylation sites (tertiary alicyclic amines) is 1. The molecule has 0 aromatic heterocycles. The van der Waals surface area contributed by atoms with Crippen LogP contribution in [0.2, 0.25) is 0 Å². The zero-order chi connectivity index (χ0) is 15.4. The van der Waals surface area contributed by atoms with Crippen molar-refractivity contribution < 1.29 is 14.2 Å². The summed E-state index contributed by atoms with van der Waals surface area (Å²) in [4.78, 5) is 13.4. The Bertz CT molecular complexity index is 608. The number of hydroxylamine groups is 3. The molecule has 122 valence electrons. The van der Waals surface area contributed by atoms with Crippen molar-refractivity contribution in [2.24, 2.45) is 0 Å². The molecule has 2 aliphatic heterocycles. The maximum Gasteiger partial charge on any atom is 0.412 e. The molecule has 1 amide bonds. The van der Waals surface area contributed by atoms with E-state index in [2.05, 4.69) is 17.1 Å². The molecular weight excluding hydrogens is 306 g/mol. The van der Waals surface area contributed by atoms with Gasteiger partial charge in [0.25, 0.3) is 0 Å². The van der Waals surface area contributed by atoms with E-state index in [1.807, 2.05) is 19.2 Å². The Hall–Kier alpha value is -1.50. The number of quaternary nitrogens is 1. The molecule has 7 heteroatoms. The highest BCUT2D eigenvalue weighted by atomic mass is 35.5. The van der Waals surface area contributed by atoms with E-state index in [0.717, 1.165) is 17.7 Å². The maximum absolute atomic E-state index is 12.7. The molecule has 1 N–H and O–H groups in total. The number of rotatable bonds is 1. The Labute approximate surface area is 136 Å². The molecule has 0 radical (unpaired) electrons. The van der Waals surface area contributed by atoms with Gasteiger partial charge in [-0.15, -0.1) is 12.4 Å². The number of amides is 1. The third kappa shape index (κ3) is 2.22. The number of benzene rings is 1. The number of likely N-dealkylation sites (N-methyl/N-ethyl adjacent to an activating group) is 2. The second-order valence-corrected chi connectivity index (χ2v) is 6.37. The minimum Gasteiger partial charge on any atom is -0.631 e. The van der Waals surface area contributed by atoms with Gasteiger partial charge in [0, 0.05) is 26.2 Å². The third-order valence-corrected chi connectivity index (χ3v) is 4.91. The van der Waals surface area contributed by atoms with Crippen LogP contribution in [-0.2, 0) is 5.41 Å². The van der Waals surface area contributed by atoms with Gasteiger partial charge in [-0.3, -0.25) is 0 Å². The van der Waals surface area contributed by atoms with Gasteiger partial charge in [0.15, 0.2) is 6.17 Å². The molecule has 1 aromatic rings. The maximum atomic E-state index is 12.7. The molecule has 3 atom stereocenters. The average molecular weight is 328 g/mol. The average Bonchev–Trinajstić information content (AvgIpc) is 2.81. The molecule has 0 saturated carbocycles.